The Morgan fingerprint density at radius 1 is 0.958 bits per heavy atom. The molecular formula is C19H19NO4. The number of ether oxygens (including phenoxy) is 1. The Kier molecular flexibility index (Phi) is 6.58. The molecule has 24 heavy (non-hydrogen) atoms. The molecule has 2 rings (SSSR count). The fourth-order valence-corrected chi connectivity index (χ4v) is 2.03. The van der Waals surface area contributed by atoms with Crippen molar-refractivity contribution in [2.24, 2.45) is 0 Å². The maximum absolute atomic E-state index is 11.4. The number of benzene rings is 2. The maximum Gasteiger partial charge on any atom is 0.328 e. The molecule has 0 aliphatic carbocycles. The molecule has 1 amide bonds. The van der Waals surface area contributed by atoms with Crippen molar-refractivity contribution in [1.82, 2.24) is 5.32 Å². The van der Waals surface area contributed by atoms with Crippen LogP contribution in [0, 0.1) is 0 Å². The van der Waals surface area contributed by atoms with E-state index >= 15 is 0 Å². The molecular weight excluding hydrogens is 306 g/mol. The van der Waals surface area contributed by atoms with E-state index in [1.807, 2.05) is 42.5 Å². The summed E-state index contributed by atoms with van der Waals surface area (Å²) in [5.41, 5.74) is 2.13. The normalized spacial score (nSPS) is 10.5. The molecule has 0 aliphatic heterocycles. The van der Waals surface area contributed by atoms with Crippen molar-refractivity contribution < 1.29 is 19.4 Å². The molecule has 2 aromatic carbocycles. The van der Waals surface area contributed by atoms with Crippen molar-refractivity contribution in [3.63, 3.8) is 0 Å². The number of rotatable bonds is 8. The van der Waals surface area contributed by atoms with Gasteiger partial charge in [-0.05, 0) is 23.3 Å². The summed E-state index contributed by atoms with van der Waals surface area (Å²) in [6.45, 7) is 0.924. The lowest BCUT2D eigenvalue weighted by atomic mass is 10.2. The Bertz CT molecular complexity index is 693. The Balaban J connectivity index is 1.74. The highest BCUT2D eigenvalue weighted by molar-refractivity contribution is 5.93. The van der Waals surface area contributed by atoms with Gasteiger partial charge in [0.2, 0.25) is 5.91 Å². The summed E-state index contributed by atoms with van der Waals surface area (Å²) in [7, 11) is 0. The molecule has 5 nitrogen and oxygen atoms in total. The van der Waals surface area contributed by atoms with Crippen LogP contribution in [-0.2, 0) is 22.6 Å². The summed E-state index contributed by atoms with van der Waals surface area (Å²) in [5.74, 6) is -0.825. The smallest absolute Gasteiger partial charge is 0.328 e. The van der Waals surface area contributed by atoms with Crippen molar-refractivity contribution in [3.8, 4) is 5.75 Å². The molecule has 0 fully saturated rings. The van der Waals surface area contributed by atoms with Crippen molar-refractivity contribution >= 4 is 11.9 Å². The van der Waals surface area contributed by atoms with Crippen molar-refractivity contribution in [2.45, 2.75) is 13.0 Å². The predicted molar refractivity (Wildman–Crippen MR) is 90.7 cm³/mol. The minimum Gasteiger partial charge on any atom is -0.493 e. The summed E-state index contributed by atoms with van der Waals surface area (Å²) in [6, 6.07) is 17.5. The van der Waals surface area contributed by atoms with Crippen LogP contribution in [0.15, 0.2) is 66.7 Å². The van der Waals surface area contributed by atoms with Gasteiger partial charge in [0.25, 0.3) is 0 Å². The van der Waals surface area contributed by atoms with E-state index in [0.717, 1.165) is 29.9 Å². The van der Waals surface area contributed by atoms with E-state index in [1.54, 1.807) is 0 Å². The third-order valence-corrected chi connectivity index (χ3v) is 3.27. The van der Waals surface area contributed by atoms with Gasteiger partial charge in [-0.15, -0.1) is 0 Å². The zero-order chi connectivity index (χ0) is 17.2. The molecule has 0 unspecified atom stereocenters. The highest BCUT2D eigenvalue weighted by Gasteiger charge is 2.00. The third-order valence-electron chi connectivity index (χ3n) is 3.27. The van der Waals surface area contributed by atoms with Crippen molar-refractivity contribution in [1.29, 1.82) is 0 Å². The number of hydrogen-bond acceptors (Lipinski definition) is 3. The monoisotopic (exact) mass is 325 g/mol. The van der Waals surface area contributed by atoms with Gasteiger partial charge in [0.15, 0.2) is 0 Å². The molecule has 2 N–H and O–H groups in total. The average molecular weight is 325 g/mol. The molecule has 0 aliphatic rings. The minimum absolute atomic E-state index is 0.326. The number of carbonyl (C=O) groups excluding carboxylic acids is 1. The van der Waals surface area contributed by atoms with Gasteiger partial charge in [0, 0.05) is 25.1 Å². The van der Waals surface area contributed by atoms with Crippen molar-refractivity contribution in [2.75, 3.05) is 6.61 Å². The quantitative estimate of drug-likeness (QED) is 0.732. The largest absolute Gasteiger partial charge is 0.493 e. The molecule has 0 radical (unpaired) electrons. The standard InChI is InChI=1S/C19H19NO4/c21-18(10-11-19(22)23)20-14-16-6-8-17(9-7-16)24-13-12-15-4-2-1-3-5-15/h1-11H,12-14H2,(H,20,21)(H,22,23)/b11-10-. The number of amides is 1. The molecule has 0 atom stereocenters. The van der Waals surface area contributed by atoms with Crippen LogP contribution in [0.2, 0.25) is 0 Å². The topological polar surface area (TPSA) is 75.6 Å². The number of carboxylic acids is 1. The first-order chi connectivity index (χ1) is 11.6. The van der Waals surface area contributed by atoms with E-state index in [2.05, 4.69) is 17.4 Å². The molecule has 0 saturated carbocycles. The second kappa shape index (κ2) is 9.15. The molecule has 124 valence electrons. The summed E-state index contributed by atoms with van der Waals surface area (Å²) < 4.78 is 5.69. The summed E-state index contributed by atoms with van der Waals surface area (Å²) in [5, 5.41) is 11.0. The van der Waals surface area contributed by atoms with Gasteiger partial charge in [-0.3, -0.25) is 4.79 Å². The van der Waals surface area contributed by atoms with Crippen LogP contribution >= 0.6 is 0 Å². The van der Waals surface area contributed by atoms with Crippen LogP contribution < -0.4 is 10.1 Å². The van der Waals surface area contributed by atoms with Gasteiger partial charge >= 0.3 is 5.97 Å². The number of aliphatic carboxylic acids is 1. The molecule has 0 bridgehead atoms. The lowest BCUT2D eigenvalue weighted by molar-refractivity contribution is -0.131. The molecule has 2 aromatic rings. The minimum atomic E-state index is -1.15. The van der Waals surface area contributed by atoms with Crippen LogP contribution in [0.3, 0.4) is 0 Å². The van der Waals surface area contributed by atoms with Gasteiger partial charge < -0.3 is 15.2 Å². The molecule has 0 heterocycles. The lowest BCUT2D eigenvalue weighted by Crippen LogP contribution is -2.20. The second-order valence-electron chi connectivity index (χ2n) is 5.12. The summed E-state index contributed by atoms with van der Waals surface area (Å²) in [6.07, 6.45) is 2.64. The van der Waals surface area contributed by atoms with E-state index in [0.29, 0.717) is 13.2 Å². The van der Waals surface area contributed by atoms with Crippen LogP contribution in [0.4, 0.5) is 0 Å². The Morgan fingerprint density at radius 3 is 2.33 bits per heavy atom. The third kappa shape index (κ3) is 6.36. The van der Waals surface area contributed by atoms with E-state index in [-0.39, 0.29) is 0 Å². The van der Waals surface area contributed by atoms with Crippen molar-refractivity contribution in [3.05, 3.63) is 77.9 Å². The molecule has 0 spiro atoms. The fourth-order valence-electron chi connectivity index (χ4n) is 2.03. The Labute approximate surface area is 140 Å². The van der Waals surface area contributed by atoms with Crippen LogP contribution in [0.1, 0.15) is 11.1 Å². The molecule has 0 saturated heterocycles. The van der Waals surface area contributed by atoms with Crippen LogP contribution in [0.5, 0.6) is 5.75 Å². The van der Waals surface area contributed by atoms with E-state index in [1.165, 1.54) is 5.56 Å². The van der Waals surface area contributed by atoms with Gasteiger partial charge in [0.1, 0.15) is 5.75 Å². The average Bonchev–Trinajstić information content (AvgIpc) is 2.60. The Hall–Kier alpha value is -3.08. The SMILES string of the molecule is O=C(O)/C=C\C(=O)NCc1ccc(OCCc2ccccc2)cc1. The zero-order valence-corrected chi connectivity index (χ0v) is 13.1. The number of nitrogens with one attached hydrogen (secondary N) is 1. The Morgan fingerprint density at radius 2 is 1.67 bits per heavy atom. The first-order valence-electron chi connectivity index (χ1n) is 7.58. The van der Waals surface area contributed by atoms with E-state index < -0.39 is 11.9 Å². The summed E-state index contributed by atoms with van der Waals surface area (Å²) in [4.78, 5) is 21.7. The van der Waals surface area contributed by atoms with Gasteiger partial charge in [-0.1, -0.05) is 42.5 Å². The fraction of sp³-hybridized carbons (Fsp3) is 0.158. The van der Waals surface area contributed by atoms with Gasteiger partial charge in [0.05, 0.1) is 6.61 Å². The number of hydrogen-bond donors (Lipinski definition) is 2. The first-order valence-corrected chi connectivity index (χ1v) is 7.58. The number of carboxylic acid groups (broad SMARTS) is 1. The maximum atomic E-state index is 11.4. The second-order valence-corrected chi connectivity index (χ2v) is 5.12. The van der Waals surface area contributed by atoms with E-state index in [9.17, 15) is 9.59 Å². The number of carbonyl (C=O) groups is 2. The van der Waals surface area contributed by atoms with Crippen LogP contribution in [-0.4, -0.2) is 23.6 Å². The lowest BCUT2D eigenvalue weighted by Gasteiger charge is -2.08. The predicted octanol–water partition coefficient (Wildman–Crippen LogP) is 2.57. The van der Waals surface area contributed by atoms with E-state index in [4.69, 9.17) is 9.84 Å². The highest BCUT2D eigenvalue weighted by Crippen LogP contribution is 2.12. The summed E-state index contributed by atoms with van der Waals surface area (Å²) >= 11 is 0. The van der Waals surface area contributed by atoms with Crippen LogP contribution in [0.25, 0.3) is 0 Å². The zero-order valence-electron chi connectivity index (χ0n) is 13.1. The first kappa shape index (κ1) is 17.3. The highest BCUT2D eigenvalue weighted by atomic mass is 16.5. The van der Waals surface area contributed by atoms with Gasteiger partial charge in [-0.25, -0.2) is 4.79 Å². The molecule has 5 heteroatoms. The van der Waals surface area contributed by atoms with Gasteiger partial charge in [-0.2, -0.15) is 0 Å². The molecule has 0 aromatic heterocycles.